The second kappa shape index (κ2) is 8.38. The molecular formula is C13H15BrIN3OS. The summed E-state index contributed by atoms with van der Waals surface area (Å²) in [5.74, 6) is 0. The average Bonchev–Trinajstić information content (AvgIpc) is 2.90. The van der Waals surface area contributed by atoms with Crippen molar-refractivity contribution < 1.29 is 4.74 Å². The van der Waals surface area contributed by atoms with Crippen molar-refractivity contribution in [1.82, 2.24) is 15.5 Å². The fraction of sp³-hybridized carbons (Fsp3) is 0.385. The summed E-state index contributed by atoms with van der Waals surface area (Å²) >= 11 is 7.52. The van der Waals surface area contributed by atoms with Gasteiger partial charge in [-0.2, -0.15) is 0 Å². The lowest BCUT2D eigenvalue weighted by Gasteiger charge is -2.01. The third kappa shape index (κ3) is 4.73. The van der Waals surface area contributed by atoms with E-state index in [1.54, 1.807) is 18.4 Å². The van der Waals surface area contributed by atoms with Crippen LogP contribution in [0.3, 0.4) is 0 Å². The van der Waals surface area contributed by atoms with Crippen LogP contribution < -0.4 is 5.32 Å². The first kappa shape index (κ1) is 16.3. The Labute approximate surface area is 144 Å². The van der Waals surface area contributed by atoms with Crippen molar-refractivity contribution in [2.75, 3.05) is 26.8 Å². The Kier molecular flexibility index (Phi) is 6.82. The number of aromatic nitrogens is 2. The maximum Gasteiger partial charge on any atom is 0.148 e. The Bertz CT molecular complexity index is 564. The summed E-state index contributed by atoms with van der Waals surface area (Å²) in [6.45, 7) is 2.49. The minimum absolute atomic E-state index is 0.733. The summed E-state index contributed by atoms with van der Waals surface area (Å²) in [6, 6.07) is 6.23. The Morgan fingerprint density at radius 2 is 2.20 bits per heavy atom. The number of rotatable bonds is 7. The van der Waals surface area contributed by atoms with Gasteiger partial charge in [0.05, 0.1) is 6.61 Å². The van der Waals surface area contributed by atoms with Crippen LogP contribution in [0.15, 0.2) is 22.7 Å². The summed E-state index contributed by atoms with van der Waals surface area (Å²) in [5.41, 5.74) is 1.10. The van der Waals surface area contributed by atoms with Gasteiger partial charge in [-0.25, -0.2) is 0 Å². The van der Waals surface area contributed by atoms with E-state index in [9.17, 15) is 0 Å². The number of halogens is 2. The molecule has 0 saturated carbocycles. The molecule has 0 aliphatic carbocycles. The van der Waals surface area contributed by atoms with Crippen molar-refractivity contribution in [2.24, 2.45) is 0 Å². The highest BCUT2D eigenvalue weighted by Gasteiger charge is 2.10. The number of methoxy groups -OCH3 is 1. The van der Waals surface area contributed by atoms with Crippen LogP contribution in [0.4, 0.5) is 0 Å². The standard InChI is InChI=1S/C13H15BrIN3OS/c1-19-7-6-16-5-4-12-17-18-13(20-12)10-8-9(15)2-3-11(10)14/h2-3,8,16H,4-7H2,1H3. The minimum Gasteiger partial charge on any atom is -0.383 e. The highest BCUT2D eigenvalue weighted by atomic mass is 127. The predicted molar refractivity (Wildman–Crippen MR) is 94.2 cm³/mol. The Morgan fingerprint density at radius 3 is 3.00 bits per heavy atom. The molecule has 1 aromatic carbocycles. The van der Waals surface area contributed by atoms with E-state index in [-0.39, 0.29) is 0 Å². The summed E-state index contributed by atoms with van der Waals surface area (Å²) < 4.78 is 7.23. The van der Waals surface area contributed by atoms with Crippen molar-refractivity contribution >= 4 is 49.9 Å². The van der Waals surface area contributed by atoms with E-state index in [1.807, 2.05) is 6.07 Å². The van der Waals surface area contributed by atoms with Gasteiger partial charge in [-0.3, -0.25) is 0 Å². The zero-order chi connectivity index (χ0) is 14.4. The van der Waals surface area contributed by atoms with Gasteiger partial charge in [-0.05, 0) is 40.8 Å². The SMILES string of the molecule is COCCNCCc1nnc(-c2cc(I)ccc2Br)s1. The molecule has 0 radical (unpaired) electrons. The summed E-state index contributed by atoms with van der Waals surface area (Å²) in [7, 11) is 1.71. The van der Waals surface area contributed by atoms with Crippen LogP contribution in [0.1, 0.15) is 5.01 Å². The largest absolute Gasteiger partial charge is 0.383 e. The van der Waals surface area contributed by atoms with Gasteiger partial charge in [0.1, 0.15) is 10.0 Å². The second-order valence-corrected chi connectivity index (χ2v) is 7.28. The van der Waals surface area contributed by atoms with Gasteiger partial charge in [-0.15, -0.1) is 10.2 Å². The van der Waals surface area contributed by atoms with Crippen LogP contribution in [0.25, 0.3) is 10.6 Å². The molecule has 0 spiro atoms. The monoisotopic (exact) mass is 467 g/mol. The molecule has 1 N–H and O–H groups in total. The van der Waals surface area contributed by atoms with Gasteiger partial charge >= 0.3 is 0 Å². The van der Waals surface area contributed by atoms with Gasteiger partial charge in [0.2, 0.25) is 0 Å². The van der Waals surface area contributed by atoms with Gasteiger partial charge in [0.25, 0.3) is 0 Å². The van der Waals surface area contributed by atoms with Gasteiger partial charge in [0, 0.05) is 40.2 Å². The number of benzene rings is 1. The third-order valence-corrected chi connectivity index (χ3v) is 5.00. The van der Waals surface area contributed by atoms with Crippen molar-refractivity contribution in [3.8, 4) is 10.6 Å². The molecule has 0 fully saturated rings. The average molecular weight is 468 g/mol. The molecule has 20 heavy (non-hydrogen) atoms. The van der Waals surface area contributed by atoms with E-state index >= 15 is 0 Å². The Hall–Kier alpha value is -0.0900. The van der Waals surface area contributed by atoms with Crippen LogP contribution in [0, 0.1) is 3.57 Å². The summed E-state index contributed by atoms with van der Waals surface area (Å²) in [4.78, 5) is 0. The highest BCUT2D eigenvalue weighted by Crippen LogP contribution is 2.31. The highest BCUT2D eigenvalue weighted by molar-refractivity contribution is 14.1. The molecule has 0 unspecified atom stereocenters. The van der Waals surface area contributed by atoms with E-state index in [0.29, 0.717) is 0 Å². The van der Waals surface area contributed by atoms with E-state index in [2.05, 4.69) is 66.2 Å². The van der Waals surface area contributed by atoms with Crippen LogP contribution in [-0.2, 0) is 11.2 Å². The quantitative estimate of drug-likeness (QED) is 0.501. The fourth-order valence-electron chi connectivity index (χ4n) is 1.62. The van der Waals surface area contributed by atoms with Crippen LogP contribution in [0.5, 0.6) is 0 Å². The first-order valence-electron chi connectivity index (χ1n) is 6.18. The normalized spacial score (nSPS) is 10.9. The van der Waals surface area contributed by atoms with Gasteiger partial charge < -0.3 is 10.1 Å². The van der Waals surface area contributed by atoms with E-state index in [4.69, 9.17) is 4.74 Å². The summed E-state index contributed by atoms with van der Waals surface area (Å²) in [5, 5.41) is 13.9. The van der Waals surface area contributed by atoms with Gasteiger partial charge in [0.15, 0.2) is 0 Å². The lowest BCUT2D eigenvalue weighted by molar-refractivity contribution is 0.199. The zero-order valence-corrected chi connectivity index (χ0v) is 15.6. The Balaban J connectivity index is 1.96. The van der Waals surface area contributed by atoms with Crippen molar-refractivity contribution in [3.63, 3.8) is 0 Å². The lowest BCUT2D eigenvalue weighted by atomic mass is 10.2. The van der Waals surface area contributed by atoms with Crippen LogP contribution in [0.2, 0.25) is 0 Å². The number of nitrogens with zero attached hydrogens (tertiary/aromatic N) is 2. The predicted octanol–water partition coefficient (Wildman–Crippen LogP) is 3.35. The minimum atomic E-state index is 0.733. The number of ether oxygens (including phenoxy) is 1. The maximum absolute atomic E-state index is 4.99. The first-order chi connectivity index (χ1) is 9.70. The topological polar surface area (TPSA) is 47.0 Å². The molecule has 7 heteroatoms. The number of nitrogens with one attached hydrogen (secondary N) is 1. The molecular weight excluding hydrogens is 453 g/mol. The molecule has 108 valence electrons. The molecule has 0 aliphatic rings. The molecule has 0 bridgehead atoms. The molecule has 1 heterocycles. The summed E-state index contributed by atoms with van der Waals surface area (Å²) in [6.07, 6.45) is 0.892. The fourth-order valence-corrected chi connectivity index (χ4v) is 3.55. The van der Waals surface area contributed by atoms with Crippen molar-refractivity contribution in [3.05, 3.63) is 31.2 Å². The van der Waals surface area contributed by atoms with Crippen molar-refractivity contribution in [2.45, 2.75) is 6.42 Å². The van der Waals surface area contributed by atoms with Crippen LogP contribution >= 0.6 is 49.9 Å². The molecule has 0 atom stereocenters. The maximum atomic E-state index is 4.99. The second-order valence-electron chi connectivity index (χ2n) is 4.12. The number of hydrogen-bond acceptors (Lipinski definition) is 5. The smallest absolute Gasteiger partial charge is 0.148 e. The van der Waals surface area contributed by atoms with E-state index in [0.717, 1.165) is 46.2 Å². The van der Waals surface area contributed by atoms with Gasteiger partial charge in [-0.1, -0.05) is 27.3 Å². The molecule has 4 nitrogen and oxygen atoms in total. The lowest BCUT2D eigenvalue weighted by Crippen LogP contribution is -2.21. The molecule has 2 rings (SSSR count). The molecule has 0 aliphatic heterocycles. The van der Waals surface area contributed by atoms with E-state index < -0.39 is 0 Å². The molecule has 0 amide bonds. The zero-order valence-electron chi connectivity index (χ0n) is 11.0. The van der Waals surface area contributed by atoms with Crippen LogP contribution in [-0.4, -0.2) is 37.0 Å². The van der Waals surface area contributed by atoms with Crippen molar-refractivity contribution in [1.29, 1.82) is 0 Å². The first-order valence-corrected chi connectivity index (χ1v) is 8.87. The molecule has 1 aromatic heterocycles. The molecule has 0 saturated heterocycles. The Morgan fingerprint density at radius 1 is 1.35 bits per heavy atom. The molecule has 2 aromatic rings. The van der Waals surface area contributed by atoms with E-state index in [1.165, 1.54) is 3.57 Å². The third-order valence-electron chi connectivity index (χ3n) is 2.62. The number of hydrogen-bond donors (Lipinski definition) is 1.